The van der Waals surface area contributed by atoms with Gasteiger partial charge in [0.1, 0.15) is 11.6 Å². The molecule has 3 heterocycles. The number of pyridine rings is 1. The van der Waals surface area contributed by atoms with Crippen LogP contribution in [-0.4, -0.2) is 37.7 Å². The molecule has 0 radical (unpaired) electrons. The van der Waals surface area contributed by atoms with Gasteiger partial charge in [-0.3, -0.25) is 15.0 Å². The number of hydrogen-bond acceptors (Lipinski definition) is 5. The molecule has 2 N–H and O–H groups in total. The first kappa shape index (κ1) is 24.6. The Labute approximate surface area is 220 Å². The molecule has 0 saturated heterocycles. The molecule has 9 heteroatoms. The molecule has 0 atom stereocenters. The molecule has 5 rings (SSSR count). The number of amides is 2. The van der Waals surface area contributed by atoms with Gasteiger partial charge in [0.25, 0.3) is 0 Å². The summed E-state index contributed by atoms with van der Waals surface area (Å²) in [5.74, 6) is 7.77. The molecule has 9 nitrogen and oxygen atoms in total. The highest BCUT2D eigenvalue weighted by atomic mass is 16.5. The third-order valence-electron chi connectivity index (χ3n) is 6.00. The van der Waals surface area contributed by atoms with Crippen LogP contribution in [-0.2, 0) is 7.05 Å². The Morgan fingerprint density at radius 1 is 1.00 bits per heavy atom. The number of fused-ring (bicyclic) bond motifs is 1. The smallest absolute Gasteiger partial charge is 0.324 e. The van der Waals surface area contributed by atoms with E-state index in [9.17, 15) is 4.79 Å². The van der Waals surface area contributed by atoms with Gasteiger partial charge in [-0.2, -0.15) is 10.2 Å². The number of carbonyl (C=O) groups excluding carboxylic acids is 1. The molecule has 0 spiro atoms. The Hall–Kier alpha value is -5.10. The van der Waals surface area contributed by atoms with Crippen LogP contribution in [0, 0.1) is 11.8 Å². The van der Waals surface area contributed by atoms with Gasteiger partial charge in [-0.15, -0.1) is 0 Å². The lowest BCUT2D eigenvalue weighted by Gasteiger charge is -2.11. The van der Waals surface area contributed by atoms with Gasteiger partial charge in [0, 0.05) is 42.0 Å². The molecule has 5 aromatic rings. The lowest BCUT2D eigenvalue weighted by Crippen LogP contribution is -2.21. The summed E-state index contributed by atoms with van der Waals surface area (Å²) in [6.45, 7) is 4.11. The summed E-state index contributed by atoms with van der Waals surface area (Å²) in [7, 11) is 3.48. The second-order valence-electron chi connectivity index (χ2n) is 9.02. The maximum atomic E-state index is 13.0. The average molecular weight is 506 g/mol. The quantitative estimate of drug-likeness (QED) is 0.315. The number of benzene rings is 2. The molecular weight excluding hydrogens is 478 g/mol. The maximum Gasteiger partial charge on any atom is 0.324 e. The fourth-order valence-corrected chi connectivity index (χ4v) is 3.96. The molecule has 0 bridgehead atoms. The van der Waals surface area contributed by atoms with E-state index in [1.165, 1.54) is 0 Å². The molecule has 2 aromatic carbocycles. The molecule has 190 valence electrons. The fraction of sp³-hybridized carbons (Fsp3) is 0.172. The SMILES string of the molecule is COc1cccc(-n2nc(C(C)C)cc2NC(=O)Nc2cccc(C#Cc3cncc4c3cnn4C)c2)c1. The third-order valence-corrected chi connectivity index (χ3v) is 6.00. The van der Waals surface area contributed by atoms with E-state index in [2.05, 4.69) is 46.4 Å². The van der Waals surface area contributed by atoms with Crippen molar-refractivity contribution in [1.82, 2.24) is 24.5 Å². The number of aromatic nitrogens is 5. The van der Waals surface area contributed by atoms with E-state index in [0.29, 0.717) is 17.3 Å². The number of urea groups is 1. The molecule has 0 aliphatic heterocycles. The van der Waals surface area contributed by atoms with Crippen molar-refractivity contribution >= 4 is 28.4 Å². The molecule has 2 amide bonds. The fourth-order valence-electron chi connectivity index (χ4n) is 3.96. The number of nitrogens with one attached hydrogen (secondary N) is 2. The topological polar surface area (TPSA) is 98.9 Å². The molecule has 0 unspecified atom stereocenters. The molecular formula is C29H27N7O2. The minimum atomic E-state index is -0.390. The van der Waals surface area contributed by atoms with Crippen LogP contribution in [0.15, 0.2) is 73.2 Å². The van der Waals surface area contributed by atoms with Crippen LogP contribution >= 0.6 is 0 Å². The lowest BCUT2D eigenvalue weighted by molar-refractivity contribution is 0.262. The molecule has 0 aliphatic carbocycles. The molecule has 0 saturated carbocycles. The summed E-state index contributed by atoms with van der Waals surface area (Å²) in [4.78, 5) is 17.2. The van der Waals surface area contributed by atoms with Gasteiger partial charge in [0.2, 0.25) is 0 Å². The van der Waals surface area contributed by atoms with Crippen molar-refractivity contribution in [1.29, 1.82) is 0 Å². The second kappa shape index (κ2) is 10.5. The average Bonchev–Trinajstić information content (AvgIpc) is 3.52. The van der Waals surface area contributed by atoms with Gasteiger partial charge in [-0.25, -0.2) is 9.48 Å². The monoisotopic (exact) mass is 505 g/mol. The summed E-state index contributed by atoms with van der Waals surface area (Å²) in [6.07, 6.45) is 5.27. The number of aryl methyl sites for hydroxylation is 1. The lowest BCUT2D eigenvalue weighted by atomic mass is 10.1. The van der Waals surface area contributed by atoms with E-state index in [1.54, 1.807) is 35.1 Å². The van der Waals surface area contributed by atoms with Gasteiger partial charge in [-0.05, 0) is 36.2 Å². The van der Waals surface area contributed by atoms with Crippen LogP contribution in [0.3, 0.4) is 0 Å². The minimum Gasteiger partial charge on any atom is -0.497 e. The third kappa shape index (κ3) is 5.20. The van der Waals surface area contributed by atoms with Crippen LogP contribution in [0.5, 0.6) is 5.75 Å². The first-order valence-corrected chi connectivity index (χ1v) is 12.1. The summed E-state index contributed by atoms with van der Waals surface area (Å²) < 4.78 is 8.82. The zero-order valence-electron chi connectivity index (χ0n) is 21.6. The highest BCUT2D eigenvalue weighted by Crippen LogP contribution is 2.25. The highest BCUT2D eigenvalue weighted by Gasteiger charge is 2.15. The van der Waals surface area contributed by atoms with E-state index < -0.39 is 6.03 Å². The second-order valence-corrected chi connectivity index (χ2v) is 9.02. The molecule has 38 heavy (non-hydrogen) atoms. The standard InChI is InChI=1S/C29H27N7O2/c1-19(2)26-15-28(36(34-26)23-9-6-10-24(14-23)38-4)33-29(37)32-22-8-5-7-20(13-22)11-12-21-16-30-18-27-25(21)17-31-35(27)3/h5-10,13-19H,1-4H3,(H2,32,33,37). The van der Waals surface area contributed by atoms with Crippen LogP contribution in [0.4, 0.5) is 16.3 Å². The van der Waals surface area contributed by atoms with E-state index in [4.69, 9.17) is 9.84 Å². The number of carbonyl (C=O) groups is 1. The van der Waals surface area contributed by atoms with Crippen LogP contribution in [0.2, 0.25) is 0 Å². The Bertz CT molecular complexity index is 1690. The number of rotatable bonds is 5. The van der Waals surface area contributed by atoms with E-state index in [1.807, 2.05) is 61.6 Å². The van der Waals surface area contributed by atoms with Crippen molar-refractivity contribution in [3.63, 3.8) is 0 Å². The van der Waals surface area contributed by atoms with Crippen LogP contribution in [0.1, 0.15) is 36.6 Å². The summed E-state index contributed by atoms with van der Waals surface area (Å²) in [5.41, 5.74) is 4.72. The first-order chi connectivity index (χ1) is 18.4. The number of methoxy groups -OCH3 is 1. The normalized spacial score (nSPS) is 10.8. The highest BCUT2D eigenvalue weighted by molar-refractivity contribution is 5.99. The Balaban J connectivity index is 1.35. The number of hydrogen-bond donors (Lipinski definition) is 2. The van der Waals surface area contributed by atoms with Crippen molar-refractivity contribution in [2.45, 2.75) is 19.8 Å². The van der Waals surface area contributed by atoms with Crippen molar-refractivity contribution in [3.05, 3.63) is 90.0 Å². The van der Waals surface area contributed by atoms with E-state index in [0.717, 1.165) is 33.4 Å². The van der Waals surface area contributed by atoms with Gasteiger partial charge < -0.3 is 10.1 Å². The van der Waals surface area contributed by atoms with Crippen molar-refractivity contribution in [2.75, 3.05) is 17.7 Å². The van der Waals surface area contributed by atoms with Crippen molar-refractivity contribution < 1.29 is 9.53 Å². The number of nitrogens with zero attached hydrogens (tertiary/aromatic N) is 5. The van der Waals surface area contributed by atoms with Crippen LogP contribution in [0.25, 0.3) is 16.6 Å². The van der Waals surface area contributed by atoms with Gasteiger partial charge in [0.05, 0.1) is 42.0 Å². The zero-order valence-corrected chi connectivity index (χ0v) is 21.6. The van der Waals surface area contributed by atoms with E-state index >= 15 is 0 Å². The van der Waals surface area contributed by atoms with Gasteiger partial charge >= 0.3 is 6.03 Å². The number of anilines is 2. The minimum absolute atomic E-state index is 0.188. The molecule has 0 aliphatic rings. The van der Waals surface area contributed by atoms with Crippen LogP contribution < -0.4 is 15.4 Å². The first-order valence-electron chi connectivity index (χ1n) is 12.1. The predicted molar refractivity (Wildman–Crippen MR) is 148 cm³/mol. The predicted octanol–water partition coefficient (Wildman–Crippen LogP) is 5.33. The summed E-state index contributed by atoms with van der Waals surface area (Å²) in [5, 5.41) is 15.7. The van der Waals surface area contributed by atoms with Gasteiger partial charge in [0.15, 0.2) is 0 Å². The largest absolute Gasteiger partial charge is 0.497 e. The molecule has 0 fully saturated rings. The maximum absolute atomic E-state index is 13.0. The Morgan fingerprint density at radius 3 is 2.66 bits per heavy atom. The Morgan fingerprint density at radius 2 is 1.84 bits per heavy atom. The van der Waals surface area contributed by atoms with Crippen molar-refractivity contribution in [3.8, 4) is 23.3 Å². The van der Waals surface area contributed by atoms with Gasteiger partial charge in [-0.1, -0.05) is 37.8 Å². The summed E-state index contributed by atoms with van der Waals surface area (Å²) >= 11 is 0. The Kier molecular flexibility index (Phi) is 6.78. The zero-order chi connectivity index (χ0) is 26.6. The van der Waals surface area contributed by atoms with E-state index in [-0.39, 0.29) is 5.92 Å². The molecule has 3 aromatic heterocycles. The number of ether oxygens (including phenoxy) is 1. The van der Waals surface area contributed by atoms with Crippen molar-refractivity contribution in [2.24, 2.45) is 7.05 Å². The summed E-state index contributed by atoms with van der Waals surface area (Å²) in [6, 6.07) is 16.4.